The number of nitrogens with zero attached hydrogens (tertiary/aromatic N) is 3. The van der Waals surface area contributed by atoms with Crippen LogP contribution in [0, 0.1) is 0 Å². The van der Waals surface area contributed by atoms with Gasteiger partial charge in [0.2, 0.25) is 0 Å². The molecule has 0 atom stereocenters. The van der Waals surface area contributed by atoms with Gasteiger partial charge in [-0.3, -0.25) is 4.79 Å². The molecule has 3 aromatic heterocycles. The summed E-state index contributed by atoms with van der Waals surface area (Å²) >= 11 is 1.28. The molecule has 27 heavy (non-hydrogen) atoms. The fourth-order valence-corrected chi connectivity index (χ4v) is 3.44. The molecular formula is C19H14N4O3S. The lowest BCUT2D eigenvalue weighted by Gasteiger charge is -2.04. The minimum Gasteiger partial charge on any atom is -0.465 e. The van der Waals surface area contributed by atoms with E-state index in [0.29, 0.717) is 31.7 Å². The standard InChI is InChI=1S/C19H14N4O3S/c1-11-21-18(24)16(27-11)9-14-10-20-23-7-6-15(22-17(14)23)12-4-3-5-13(8-12)19(25)26-2/h3-10H,1H2,2H3,(H,21,24)/b16-9+. The zero-order valence-corrected chi connectivity index (χ0v) is 15.1. The van der Waals surface area contributed by atoms with E-state index in [2.05, 4.69) is 21.6 Å². The maximum atomic E-state index is 11.9. The lowest BCUT2D eigenvalue weighted by Crippen LogP contribution is -2.19. The number of fused-ring (bicyclic) bond motifs is 1. The first-order valence-electron chi connectivity index (χ1n) is 7.98. The van der Waals surface area contributed by atoms with Crippen LogP contribution in [-0.2, 0) is 4.74 Å². The first-order valence-corrected chi connectivity index (χ1v) is 8.80. The molecule has 0 saturated carbocycles. The molecule has 0 aliphatic rings. The van der Waals surface area contributed by atoms with E-state index in [0.717, 1.165) is 5.56 Å². The Kier molecular flexibility index (Phi) is 4.17. The fraction of sp³-hybridized carbons (Fsp3) is 0.0526. The molecule has 0 fully saturated rings. The Morgan fingerprint density at radius 2 is 2.22 bits per heavy atom. The molecule has 1 N–H and O–H groups in total. The van der Waals surface area contributed by atoms with Crippen LogP contribution in [-0.4, -0.2) is 32.7 Å². The summed E-state index contributed by atoms with van der Waals surface area (Å²) in [5, 5.41) is 4.27. The second kappa shape index (κ2) is 6.65. The minimum atomic E-state index is -0.405. The molecular weight excluding hydrogens is 364 g/mol. The number of hydrogen-bond donors (Lipinski definition) is 1. The predicted molar refractivity (Wildman–Crippen MR) is 103 cm³/mol. The Morgan fingerprint density at radius 1 is 1.37 bits per heavy atom. The number of carbonyl (C=O) groups is 1. The number of methoxy groups -OCH3 is 1. The van der Waals surface area contributed by atoms with Gasteiger partial charge in [-0.15, -0.1) is 11.3 Å². The van der Waals surface area contributed by atoms with E-state index < -0.39 is 5.97 Å². The van der Waals surface area contributed by atoms with E-state index in [1.165, 1.54) is 18.4 Å². The van der Waals surface area contributed by atoms with Crippen molar-refractivity contribution in [2.75, 3.05) is 7.11 Å². The van der Waals surface area contributed by atoms with Crippen LogP contribution in [0.2, 0.25) is 0 Å². The second-order valence-electron chi connectivity index (χ2n) is 5.74. The van der Waals surface area contributed by atoms with E-state index in [1.54, 1.807) is 41.2 Å². The largest absolute Gasteiger partial charge is 0.465 e. The highest BCUT2D eigenvalue weighted by molar-refractivity contribution is 7.07. The van der Waals surface area contributed by atoms with Gasteiger partial charge in [-0.25, -0.2) is 14.3 Å². The number of thiazole rings is 1. The molecule has 4 rings (SSSR count). The summed E-state index contributed by atoms with van der Waals surface area (Å²) < 4.78 is 7.53. The number of benzene rings is 1. The number of esters is 1. The quantitative estimate of drug-likeness (QED) is 0.541. The Balaban J connectivity index is 1.85. The molecule has 0 aliphatic carbocycles. The van der Waals surface area contributed by atoms with Crippen LogP contribution in [0.15, 0.2) is 47.5 Å². The summed E-state index contributed by atoms with van der Waals surface area (Å²) in [5.74, 6) is -0.405. The average Bonchev–Trinajstić information content (AvgIpc) is 3.23. The summed E-state index contributed by atoms with van der Waals surface area (Å²) in [6.07, 6.45) is 5.17. The molecule has 1 aromatic carbocycles. The van der Waals surface area contributed by atoms with E-state index in [1.807, 2.05) is 12.1 Å². The summed E-state index contributed by atoms with van der Waals surface area (Å²) in [4.78, 5) is 31.0. The third-order valence-corrected chi connectivity index (χ3v) is 4.84. The number of ether oxygens (including phenoxy) is 1. The zero-order valence-electron chi connectivity index (χ0n) is 14.3. The highest BCUT2D eigenvalue weighted by Crippen LogP contribution is 2.20. The third kappa shape index (κ3) is 3.18. The van der Waals surface area contributed by atoms with Gasteiger partial charge in [0.15, 0.2) is 5.65 Å². The van der Waals surface area contributed by atoms with Crippen molar-refractivity contribution in [3.63, 3.8) is 0 Å². The molecule has 3 heterocycles. The number of H-pyrrole nitrogens is 1. The average molecular weight is 378 g/mol. The Bertz CT molecular complexity index is 1330. The predicted octanol–water partition coefficient (Wildman–Crippen LogP) is 1.17. The van der Waals surface area contributed by atoms with E-state index in [4.69, 9.17) is 4.74 Å². The van der Waals surface area contributed by atoms with Gasteiger partial charge in [0.1, 0.15) is 0 Å². The summed E-state index contributed by atoms with van der Waals surface area (Å²) in [5.41, 5.74) is 3.04. The van der Waals surface area contributed by atoms with Crippen LogP contribution in [0.25, 0.3) is 29.6 Å². The Hall–Kier alpha value is -3.52. The smallest absolute Gasteiger partial charge is 0.337 e. The topological polar surface area (TPSA) is 89.3 Å². The minimum absolute atomic E-state index is 0.189. The van der Waals surface area contributed by atoms with Crippen molar-refractivity contribution >= 4 is 35.6 Å². The van der Waals surface area contributed by atoms with Crippen LogP contribution < -0.4 is 14.8 Å². The number of aromatic amines is 1. The van der Waals surface area contributed by atoms with Gasteiger partial charge in [0.25, 0.3) is 5.56 Å². The maximum absolute atomic E-state index is 11.9. The van der Waals surface area contributed by atoms with E-state index >= 15 is 0 Å². The molecule has 0 radical (unpaired) electrons. The van der Waals surface area contributed by atoms with Crippen LogP contribution in [0.5, 0.6) is 0 Å². The number of rotatable bonds is 3. The van der Waals surface area contributed by atoms with Crippen LogP contribution >= 0.6 is 11.3 Å². The van der Waals surface area contributed by atoms with Crippen molar-refractivity contribution in [3.05, 3.63) is 73.4 Å². The molecule has 7 nitrogen and oxygen atoms in total. The number of aromatic nitrogens is 4. The van der Waals surface area contributed by atoms with Crippen LogP contribution in [0.4, 0.5) is 0 Å². The molecule has 0 aliphatic heterocycles. The Morgan fingerprint density at radius 3 is 2.96 bits per heavy atom. The number of hydrogen-bond acceptors (Lipinski definition) is 6. The maximum Gasteiger partial charge on any atom is 0.337 e. The summed E-state index contributed by atoms with van der Waals surface area (Å²) in [7, 11) is 1.34. The van der Waals surface area contributed by atoms with Crippen molar-refractivity contribution in [1.82, 2.24) is 19.6 Å². The molecule has 0 spiro atoms. The lowest BCUT2D eigenvalue weighted by molar-refractivity contribution is 0.0601. The molecule has 0 amide bonds. The summed E-state index contributed by atoms with van der Waals surface area (Å²) in [6, 6.07) is 8.86. The monoisotopic (exact) mass is 378 g/mol. The van der Waals surface area contributed by atoms with Gasteiger partial charge in [0, 0.05) is 17.3 Å². The van der Waals surface area contributed by atoms with E-state index in [9.17, 15) is 9.59 Å². The molecule has 0 unspecified atom stereocenters. The highest BCUT2D eigenvalue weighted by atomic mass is 32.1. The van der Waals surface area contributed by atoms with Crippen LogP contribution in [0.3, 0.4) is 0 Å². The normalized spacial score (nSPS) is 11.8. The fourth-order valence-electron chi connectivity index (χ4n) is 2.70. The van der Waals surface area contributed by atoms with E-state index in [-0.39, 0.29) is 5.56 Å². The molecule has 134 valence electrons. The van der Waals surface area contributed by atoms with Gasteiger partial charge >= 0.3 is 5.97 Å². The van der Waals surface area contributed by atoms with Gasteiger partial charge in [-0.05, 0) is 24.3 Å². The third-order valence-electron chi connectivity index (χ3n) is 3.97. The van der Waals surface area contributed by atoms with Crippen molar-refractivity contribution in [2.45, 2.75) is 0 Å². The van der Waals surface area contributed by atoms with Gasteiger partial charge in [-0.1, -0.05) is 18.7 Å². The lowest BCUT2D eigenvalue weighted by atomic mass is 10.1. The van der Waals surface area contributed by atoms with Gasteiger partial charge in [0.05, 0.1) is 33.8 Å². The first kappa shape index (κ1) is 16.9. The molecule has 4 aromatic rings. The van der Waals surface area contributed by atoms with Crippen molar-refractivity contribution in [3.8, 4) is 11.3 Å². The highest BCUT2D eigenvalue weighted by Gasteiger charge is 2.10. The van der Waals surface area contributed by atoms with Crippen molar-refractivity contribution < 1.29 is 9.53 Å². The second-order valence-corrected chi connectivity index (χ2v) is 6.88. The van der Waals surface area contributed by atoms with Gasteiger partial charge < -0.3 is 9.72 Å². The first-order chi connectivity index (χ1) is 13.0. The van der Waals surface area contributed by atoms with Gasteiger partial charge in [-0.2, -0.15) is 5.10 Å². The summed E-state index contributed by atoms with van der Waals surface area (Å²) in [6.45, 7) is 3.75. The number of nitrogens with one attached hydrogen (secondary N) is 1. The number of carbonyl (C=O) groups excluding carboxylic acids is 1. The van der Waals surface area contributed by atoms with Crippen molar-refractivity contribution in [2.24, 2.45) is 0 Å². The molecule has 8 heteroatoms. The Labute approximate surface area is 156 Å². The zero-order chi connectivity index (χ0) is 19.0. The SMILES string of the molecule is C=c1[nH]c(=O)/c(=C\c2cnn3ccc(-c4cccc(C(=O)OC)c4)nc23)s1. The van der Waals surface area contributed by atoms with Crippen LogP contribution in [0.1, 0.15) is 15.9 Å². The van der Waals surface area contributed by atoms with Crippen molar-refractivity contribution in [1.29, 1.82) is 0 Å². The molecule has 0 saturated heterocycles. The molecule has 0 bridgehead atoms.